The molecule has 0 radical (unpaired) electrons. The maximum atomic E-state index is 12.5. The third kappa shape index (κ3) is 4.43. The van der Waals surface area contributed by atoms with Crippen LogP contribution in [0.3, 0.4) is 0 Å². The van der Waals surface area contributed by atoms with E-state index in [2.05, 4.69) is 0 Å². The summed E-state index contributed by atoms with van der Waals surface area (Å²) >= 11 is 0. The number of nitrogens with zero attached hydrogens (tertiary/aromatic N) is 1. The fourth-order valence-electron chi connectivity index (χ4n) is 2.77. The van der Waals surface area contributed by atoms with Gasteiger partial charge in [0, 0.05) is 6.42 Å². The van der Waals surface area contributed by atoms with Crippen LogP contribution in [-0.4, -0.2) is 51.8 Å². The first-order chi connectivity index (χ1) is 10.8. The maximum absolute atomic E-state index is 12.5. The highest BCUT2D eigenvalue weighted by atomic mass is 16.6. The van der Waals surface area contributed by atoms with Crippen molar-refractivity contribution in [3.05, 3.63) is 35.9 Å². The van der Waals surface area contributed by atoms with Gasteiger partial charge in [0.2, 0.25) is 0 Å². The van der Waals surface area contributed by atoms with Crippen LogP contribution >= 0.6 is 0 Å². The Morgan fingerprint density at radius 3 is 2.65 bits per heavy atom. The summed E-state index contributed by atoms with van der Waals surface area (Å²) in [6.07, 6.45) is -1.89. The molecular weight excluding hydrogens is 298 g/mol. The molecule has 0 saturated carbocycles. The molecule has 6 heteroatoms. The molecule has 1 heterocycles. The Morgan fingerprint density at radius 2 is 2.04 bits per heavy atom. The van der Waals surface area contributed by atoms with Gasteiger partial charge in [-0.05, 0) is 26.3 Å². The highest BCUT2D eigenvalue weighted by Gasteiger charge is 2.47. The summed E-state index contributed by atoms with van der Waals surface area (Å²) in [6, 6.07) is 8.85. The standard InChI is InChI=1S/C17H25NO5/c1-12(19)9-15(20)14-11-23-17(2,3)18(14)16(21)22-10-13-7-5-4-6-8-13/h4-8,12,14-15,19-20H,9-11H2,1-3H3/t12-,14+,15-/m1/s1. The van der Waals surface area contributed by atoms with Gasteiger partial charge in [0.05, 0.1) is 24.9 Å². The predicted octanol–water partition coefficient (Wildman–Crippen LogP) is 1.89. The van der Waals surface area contributed by atoms with Crippen molar-refractivity contribution in [3.63, 3.8) is 0 Å². The summed E-state index contributed by atoms with van der Waals surface area (Å²) < 4.78 is 11.0. The van der Waals surface area contributed by atoms with Crippen LogP contribution in [0.1, 0.15) is 32.8 Å². The second-order valence-electron chi connectivity index (χ2n) is 6.39. The number of carbonyl (C=O) groups excluding carboxylic acids is 1. The van der Waals surface area contributed by atoms with Crippen LogP contribution in [0, 0.1) is 0 Å². The summed E-state index contributed by atoms with van der Waals surface area (Å²) in [4.78, 5) is 13.9. The Labute approximate surface area is 136 Å². The van der Waals surface area contributed by atoms with E-state index in [1.165, 1.54) is 4.90 Å². The van der Waals surface area contributed by atoms with Gasteiger partial charge >= 0.3 is 6.09 Å². The summed E-state index contributed by atoms with van der Waals surface area (Å²) in [5.41, 5.74) is 0.0258. The van der Waals surface area contributed by atoms with Crippen molar-refractivity contribution in [2.45, 2.75) is 57.8 Å². The zero-order valence-electron chi connectivity index (χ0n) is 13.8. The molecule has 23 heavy (non-hydrogen) atoms. The molecule has 3 atom stereocenters. The Bertz CT molecular complexity index is 517. The van der Waals surface area contributed by atoms with Crippen LogP contribution in [0.25, 0.3) is 0 Å². The van der Waals surface area contributed by atoms with Crippen LogP contribution in [0.15, 0.2) is 30.3 Å². The van der Waals surface area contributed by atoms with Crippen molar-refractivity contribution in [2.24, 2.45) is 0 Å². The van der Waals surface area contributed by atoms with Gasteiger partial charge in [-0.1, -0.05) is 30.3 Å². The molecule has 2 rings (SSSR count). The van der Waals surface area contributed by atoms with E-state index in [0.717, 1.165) is 5.56 Å². The number of benzene rings is 1. The van der Waals surface area contributed by atoms with Crippen molar-refractivity contribution in [1.29, 1.82) is 0 Å². The van der Waals surface area contributed by atoms with Crippen molar-refractivity contribution in [2.75, 3.05) is 6.61 Å². The van der Waals surface area contributed by atoms with Crippen LogP contribution < -0.4 is 0 Å². The van der Waals surface area contributed by atoms with E-state index in [0.29, 0.717) is 0 Å². The molecule has 0 unspecified atom stereocenters. The van der Waals surface area contributed by atoms with Gasteiger partial charge in [-0.25, -0.2) is 4.79 Å². The molecule has 1 saturated heterocycles. The van der Waals surface area contributed by atoms with Crippen molar-refractivity contribution in [1.82, 2.24) is 4.90 Å². The smallest absolute Gasteiger partial charge is 0.412 e. The minimum absolute atomic E-state index is 0.158. The number of hydrogen-bond acceptors (Lipinski definition) is 5. The van der Waals surface area contributed by atoms with E-state index in [-0.39, 0.29) is 19.6 Å². The Hall–Kier alpha value is -1.63. The SMILES string of the molecule is C[C@@H](O)C[C@@H](O)[C@@H]1COC(C)(C)N1C(=O)OCc1ccccc1. The lowest BCUT2D eigenvalue weighted by atomic mass is 10.0. The Balaban J connectivity index is 2.04. The van der Waals surface area contributed by atoms with Gasteiger partial charge in [0.25, 0.3) is 0 Å². The maximum Gasteiger partial charge on any atom is 0.412 e. The van der Waals surface area contributed by atoms with Crippen molar-refractivity contribution in [3.8, 4) is 0 Å². The molecule has 1 aliphatic heterocycles. The van der Waals surface area contributed by atoms with Crippen LogP contribution in [-0.2, 0) is 16.1 Å². The monoisotopic (exact) mass is 323 g/mol. The van der Waals surface area contributed by atoms with Crippen molar-refractivity contribution >= 4 is 6.09 Å². The molecule has 0 aliphatic carbocycles. The molecule has 2 N–H and O–H groups in total. The van der Waals surface area contributed by atoms with Crippen LogP contribution in [0.4, 0.5) is 4.79 Å². The normalized spacial score (nSPS) is 22.7. The summed E-state index contributed by atoms with van der Waals surface area (Å²) in [5, 5.41) is 19.7. The largest absolute Gasteiger partial charge is 0.444 e. The van der Waals surface area contributed by atoms with E-state index in [1.807, 2.05) is 30.3 Å². The predicted molar refractivity (Wildman–Crippen MR) is 84.6 cm³/mol. The molecule has 1 amide bonds. The summed E-state index contributed by atoms with van der Waals surface area (Å²) in [5.74, 6) is 0. The molecule has 128 valence electrons. The van der Waals surface area contributed by atoms with Gasteiger partial charge in [0.15, 0.2) is 0 Å². The van der Waals surface area contributed by atoms with Crippen molar-refractivity contribution < 1.29 is 24.5 Å². The number of ether oxygens (including phenoxy) is 2. The second-order valence-corrected chi connectivity index (χ2v) is 6.39. The van der Waals surface area contributed by atoms with E-state index >= 15 is 0 Å². The van der Waals surface area contributed by atoms with Gasteiger partial charge in [-0.2, -0.15) is 0 Å². The molecule has 1 aromatic rings. The molecule has 0 aromatic heterocycles. The zero-order chi connectivity index (χ0) is 17.0. The Morgan fingerprint density at radius 1 is 1.39 bits per heavy atom. The number of rotatable bonds is 5. The summed E-state index contributed by atoms with van der Waals surface area (Å²) in [7, 11) is 0. The van der Waals surface area contributed by atoms with E-state index in [1.54, 1.807) is 20.8 Å². The van der Waals surface area contributed by atoms with Gasteiger partial charge in [-0.15, -0.1) is 0 Å². The van der Waals surface area contributed by atoms with Crippen LogP contribution in [0.2, 0.25) is 0 Å². The quantitative estimate of drug-likeness (QED) is 0.865. The first kappa shape index (κ1) is 17.7. The number of aliphatic hydroxyl groups is 2. The third-order valence-electron chi connectivity index (χ3n) is 3.95. The third-order valence-corrected chi connectivity index (χ3v) is 3.95. The average molecular weight is 323 g/mol. The molecular formula is C17H25NO5. The number of hydrogen-bond donors (Lipinski definition) is 2. The summed E-state index contributed by atoms with van der Waals surface area (Å²) in [6.45, 7) is 5.48. The topological polar surface area (TPSA) is 79.2 Å². The lowest BCUT2D eigenvalue weighted by Crippen LogP contribution is -2.52. The zero-order valence-corrected chi connectivity index (χ0v) is 13.8. The highest BCUT2D eigenvalue weighted by molar-refractivity contribution is 5.69. The fourth-order valence-corrected chi connectivity index (χ4v) is 2.77. The Kier molecular flexibility index (Phi) is 5.62. The van der Waals surface area contributed by atoms with Crippen LogP contribution in [0.5, 0.6) is 0 Å². The average Bonchev–Trinajstić information content (AvgIpc) is 2.81. The fraction of sp³-hybridized carbons (Fsp3) is 0.588. The number of aliphatic hydroxyl groups excluding tert-OH is 2. The van der Waals surface area contributed by atoms with Gasteiger partial charge in [0.1, 0.15) is 12.3 Å². The molecule has 1 aliphatic rings. The first-order valence-electron chi connectivity index (χ1n) is 7.81. The van der Waals surface area contributed by atoms with E-state index in [9.17, 15) is 15.0 Å². The molecule has 0 spiro atoms. The highest BCUT2D eigenvalue weighted by Crippen LogP contribution is 2.31. The number of amides is 1. The minimum atomic E-state index is -0.874. The van der Waals surface area contributed by atoms with Gasteiger partial charge in [-0.3, -0.25) is 4.90 Å². The first-order valence-corrected chi connectivity index (χ1v) is 7.81. The second kappa shape index (κ2) is 7.29. The van der Waals surface area contributed by atoms with E-state index in [4.69, 9.17) is 9.47 Å². The van der Waals surface area contributed by atoms with Gasteiger partial charge < -0.3 is 19.7 Å². The molecule has 1 aromatic carbocycles. The lowest BCUT2D eigenvalue weighted by Gasteiger charge is -2.34. The molecule has 6 nitrogen and oxygen atoms in total. The number of carbonyl (C=O) groups is 1. The van der Waals surface area contributed by atoms with E-state index < -0.39 is 30.1 Å². The molecule has 0 bridgehead atoms. The molecule has 1 fully saturated rings. The minimum Gasteiger partial charge on any atom is -0.444 e. The lowest BCUT2D eigenvalue weighted by molar-refractivity contribution is -0.0560.